The SMILES string of the molecule is CCCC(C)Oc1ncccc1CNC(C)C. The first kappa shape index (κ1) is 14.0. The first-order valence-electron chi connectivity index (χ1n) is 6.47. The molecule has 96 valence electrons. The van der Waals surface area contributed by atoms with Crippen LogP contribution >= 0.6 is 0 Å². The summed E-state index contributed by atoms with van der Waals surface area (Å²) in [4.78, 5) is 4.32. The standard InChI is InChI=1S/C14H24N2O/c1-5-7-12(4)17-14-13(8-6-9-15-14)10-16-11(2)3/h6,8-9,11-12,16H,5,7,10H2,1-4H3. The van der Waals surface area contributed by atoms with E-state index in [4.69, 9.17) is 4.74 Å². The van der Waals surface area contributed by atoms with E-state index in [9.17, 15) is 0 Å². The van der Waals surface area contributed by atoms with Gasteiger partial charge in [-0.2, -0.15) is 0 Å². The number of nitrogens with one attached hydrogen (secondary N) is 1. The van der Waals surface area contributed by atoms with E-state index in [-0.39, 0.29) is 6.10 Å². The largest absolute Gasteiger partial charge is 0.474 e. The third-order valence-corrected chi connectivity index (χ3v) is 2.56. The molecule has 0 radical (unpaired) electrons. The number of hydrogen-bond donors (Lipinski definition) is 1. The predicted molar refractivity (Wildman–Crippen MR) is 71.2 cm³/mol. The van der Waals surface area contributed by atoms with Gasteiger partial charge in [0.2, 0.25) is 5.88 Å². The molecule has 1 N–H and O–H groups in total. The van der Waals surface area contributed by atoms with Crippen LogP contribution in [0.1, 0.15) is 46.1 Å². The van der Waals surface area contributed by atoms with Crippen LogP contribution in [0.25, 0.3) is 0 Å². The Bertz CT molecular complexity index is 326. The van der Waals surface area contributed by atoms with Crippen LogP contribution in [0.4, 0.5) is 0 Å². The Balaban J connectivity index is 2.63. The smallest absolute Gasteiger partial charge is 0.218 e. The van der Waals surface area contributed by atoms with Crippen LogP contribution < -0.4 is 10.1 Å². The van der Waals surface area contributed by atoms with Crippen molar-refractivity contribution in [1.82, 2.24) is 10.3 Å². The molecular weight excluding hydrogens is 212 g/mol. The highest BCUT2D eigenvalue weighted by Crippen LogP contribution is 2.17. The van der Waals surface area contributed by atoms with E-state index >= 15 is 0 Å². The molecule has 1 heterocycles. The maximum Gasteiger partial charge on any atom is 0.218 e. The Hall–Kier alpha value is -1.09. The lowest BCUT2D eigenvalue weighted by atomic mass is 10.2. The third kappa shape index (κ3) is 5.18. The summed E-state index contributed by atoms with van der Waals surface area (Å²) in [6.07, 6.45) is 4.21. The van der Waals surface area contributed by atoms with Gasteiger partial charge >= 0.3 is 0 Å². The minimum absolute atomic E-state index is 0.229. The summed E-state index contributed by atoms with van der Waals surface area (Å²) in [7, 11) is 0. The minimum atomic E-state index is 0.229. The molecule has 0 bridgehead atoms. The van der Waals surface area contributed by atoms with Gasteiger partial charge in [-0.3, -0.25) is 0 Å². The molecule has 0 saturated heterocycles. The highest BCUT2D eigenvalue weighted by molar-refractivity contribution is 5.25. The fraction of sp³-hybridized carbons (Fsp3) is 0.643. The molecule has 0 aliphatic carbocycles. The zero-order valence-corrected chi connectivity index (χ0v) is 11.4. The number of aromatic nitrogens is 1. The summed E-state index contributed by atoms with van der Waals surface area (Å²) in [5.74, 6) is 0.765. The second kappa shape index (κ2) is 7.28. The van der Waals surface area contributed by atoms with E-state index in [2.05, 4.69) is 44.1 Å². The zero-order chi connectivity index (χ0) is 12.7. The van der Waals surface area contributed by atoms with Crippen LogP contribution in [-0.2, 0) is 6.54 Å². The van der Waals surface area contributed by atoms with E-state index in [1.165, 1.54) is 0 Å². The van der Waals surface area contributed by atoms with Gasteiger partial charge in [0.15, 0.2) is 0 Å². The fourth-order valence-corrected chi connectivity index (χ4v) is 1.63. The van der Waals surface area contributed by atoms with Crippen LogP contribution in [0, 0.1) is 0 Å². The van der Waals surface area contributed by atoms with Crippen molar-refractivity contribution >= 4 is 0 Å². The van der Waals surface area contributed by atoms with Crippen molar-refractivity contribution in [2.75, 3.05) is 0 Å². The van der Waals surface area contributed by atoms with Gasteiger partial charge in [0.05, 0.1) is 6.10 Å². The topological polar surface area (TPSA) is 34.1 Å². The molecule has 0 spiro atoms. The molecule has 0 amide bonds. The summed E-state index contributed by atoms with van der Waals surface area (Å²) >= 11 is 0. The Morgan fingerprint density at radius 3 is 2.76 bits per heavy atom. The molecule has 0 aliphatic rings. The first-order chi connectivity index (χ1) is 8.13. The molecular formula is C14H24N2O. The second-order valence-electron chi connectivity index (χ2n) is 4.72. The van der Waals surface area contributed by atoms with E-state index < -0.39 is 0 Å². The van der Waals surface area contributed by atoms with Crippen molar-refractivity contribution < 1.29 is 4.74 Å². The Morgan fingerprint density at radius 1 is 1.35 bits per heavy atom. The van der Waals surface area contributed by atoms with Crippen molar-refractivity contribution in [2.45, 2.75) is 59.2 Å². The van der Waals surface area contributed by atoms with E-state index in [0.717, 1.165) is 30.8 Å². The van der Waals surface area contributed by atoms with Crippen molar-refractivity contribution in [3.05, 3.63) is 23.9 Å². The summed E-state index contributed by atoms with van der Waals surface area (Å²) in [5.41, 5.74) is 1.13. The van der Waals surface area contributed by atoms with Crippen molar-refractivity contribution in [3.63, 3.8) is 0 Å². The molecule has 0 saturated carbocycles. The average molecular weight is 236 g/mol. The molecule has 1 atom stereocenters. The van der Waals surface area contributed by atoms with Crippen LogP contribution in [0.15, 0.2) is 18.3 Å². The Morgan fingerprint density at radius 2 is 2.12 bits per heavy atom. The molecule has 0 aliphatic heterocycles. The summed E-state index contributed by atoms with van der Waals surface area (Å²) in [5, 5.41) is 3.39. The van der Waals surface area contributed by atoms with Gasteiger partial charge in [0.1, 0.15) is 0 Å². The number of nitrogens with zero attached hydrogens (tertiary/aromatic N) is 1. The first-order valence-corrected chi connectivity index (χ1v) is 6.47. The molecule has 0 fully saturated rings. The quantitative estimate of drug-likeness (QED) is 0.789. The van der Waals surface area contributed by atoms with Crippen LogP contribution in [-0.4, -0.2) is 17.1 Å². The van der Waals surface area contributed by atoms with Gasteiger partial charge in [0, 0.05) is 24.3 Å². The Labute approximate surface area is 105 Å². The van der Waals surface area contributed by atoms with Gasteiger partial charge < -0.3 is 10.1 Å². The summed E-state index contributed by atoms with van der Waals surface area (Å²) in [6, 6.07) is 4.49. The maximum absolute atomic E-state index is 5.87. The van der Waals surface area contributed by atoms with E-state index in [1.807, 2.05) is 6.07 Å². The van der Waals surface area contributed by atoms with Crippen molar-refractivity contribution in [2.24, 2.45) is 0 Å². The van der Waals surface area contributed by atoms with Crippen LogP contribution in [0.5, 0.6) is 5.88 Å². The normalized spacial score (nSPS) is 12.8. The van der Waals surface area contributed by atoms with Crippen molar-refractivity contribution in [1.29, 1.82) is 0 Å². The Kier molecular flexibility index (Phi) is 5.98. The van der Waals surface area contributed by atoms with Gasteiger partial charge in [-0.05, 0) is 19.4 Å². The summed E-state index contributed by atoms with van der Waals surface area (Å²) in [6.45, 7) is 9.34. The second-order valence-corrected chi connectivity index (χ2v) is 4.72. The number of pyridine rings is 1. The highest BCUT2D eigenvalue weighted by atomic mass is 16.5. The number of ether oxygens (including phenoxy) is 1. The maximum atomic E-state index is 5.87. The lowest BCUT2D eigenvalue weighted by Gasteiger charge is -2.16. The van der Waals surface area contributed by atoms with Gasteiger partial charge in [-0.15, -0.1) is 0 Å². The molecule has 1 rings (SSSR count). The molecule has 1 aromatic rings. The summed E-state index contributed by atoms with van der Waals surface area (Å²) < 4.78 is 5.87. The lowest BCUT2D eigenvalue weighted by Crippen LogP contribution is -2.23. The third-order valence-electron chi connectivity index (χ3n) is 2.56. The minimum Gasteiger partial charge on any atom is -0.474 e. The van der Waals surface area contributed by atoms with E-state index in [1.54, 1.807) is 6.20 Å². The monoisotopic (exact) mass is 236 g/mol. The molecule has 17 heavy (non-hydrogen) atoms. The molecule has 1 aromatic heterocycles. The van der Waals surface area contributed by atoms with Gasteiger partial charge in [0.25, 0.3) is 0 Å². The highest BCUT2D eigenvalue weighted by Gasteiger charge is 2.08. The van der Waals surface area contributed by atoms with Crippen molar-refractivity contribution in [3.8, 4) is 5.88 Å². The molecule has 3 heteroatoms. The zero-order valence-electron chi connectivity index (χ0n) is 11.4. The number of hydrogen-bond acceptors (Lipinski definition) is 3. The van der Waals surface area contributed by atoms with Crippen LogP contribution in [0.3, 0.4) is 0 Å². The number of rotatable bonds is 7. The molecule has 1 unspecified atom stereocenters. The van der Waals surface area contributed by atoms with E-state index in [0.29, 0.717) is 6.04 Å². The lowest BCUT2D eigenvalue weighted by molar-refractivity contribution is 0.199. The predicted octanol–water partition coefficient (Wildman–Crippen LogP) is 3.15. The molecule has 3 nitrogen and oxygen atoms in total. The van der Waals surface area contributed by atoms with Gasteiger partial charge in [-0.25, -0.2) is 4.98 Å². The van der Waals surface area contributed by atoms with Crippen LogP contribution in [0.2, 0.25) is 0 Å². The fourth-order valence-electron chi connectivity index (χ4n) is 1.63. The average Bonchev–Trinajstić information content (AvgIpc) is 2.28. The molecule has 0 aromatic carbocycles. The van der Waals surface area contributed by atoms with Gasteiger partial charge in [-0.1, -0.05) is 33.3 Å².